The van der Waals surface area contributed by atoms with E-state index in [1.54, 1.807) is 32.2 Å². The van der Waals surface area contributed by atoms with E-state index in [9.17, 15) is 15.0 Å². The third-order valence-electron chi connectivity index (χ3n) is 4.83. The van der Waals surface area contributed by atoms with Crippen molar-refractivity contribution in [2.24, 2.45) is 0 Å². The Labute approximate surface area is 158 Å². The number of hydrogen-bond donors (Lipinski definition) is 3. The largest absolute Gasteiger partial charge is 0.497 e. The zero-order valence-electron chi connectivity index (χ0n) is 15.3. The first kappa shape index (κ1) is 19.3. The average Bonchev–Trinajstić information content (AvgIpc) is 2.70. The van der Waals surface area contributed by atoms with Gasteiger partial charge in [-0.05, 0) is 36.8 Å². The molecule has 144 valence electrons. The monoisotopic (exact) mass is 372 g/mol. The van der Waals surface area contributed by atoms with Gasteiger partial charge < -0.3 is 25.0 Å². The molecule has 7 nitrogen and oxygen atoms in total. The second-order valence-electron chi connectivity index (χ2n) is 6.76. The Hall–Kier alpha value is -2.48. The first-order valence-corrected chi connectivity index (χ1v) is 8.82. The van der Waals surface area contributed by atoms with Crippen molar-refractivity contribution in [3.8, 4) is 5.75 Å². The topological polar surface area (TPSA) is 101 Å². The minimum absolute atomic E-state index is 0.113. The van der Waals surface area contributed by atoms with E-state index in [0.717, 1.165) is 5.56 Å². The van der Waals surface area contributed by atoms with Crippen molar-refractivity contribution in [1.82, 2.24) is 10.3 Å². The Morgan fingerprint density at radius 2 is 2.19 bits per heavy atom. The quantitative estimate of drug-likeness (QED) is 0.735. The smallest absolute Gasteiger partial charge is 0.269 e. The first-order chi connectivity index (χ1) is 12.9. The second kappa shape index (κ2) is 8.04. The van der Waals surface area contributed by atoms with Crippen LogP contribution in [0.25, 0.3) is 0 Å². The van der Waals surface area contributed by atoms with Crippen molar-refractivity contribution in [3.63, 3.8) is 0 Å². The fourth-order valence-corrected chi connectivity index (χ4v) is 3.30. The number of aromatic nitrogens is 1. The summed E-state index contributed by atoms with van der Waals surface area (Å²) in [6.07, 6.45) is -0.521. The van der Waals surface area contributed by atoms with E-state index in [1.807, 2.05) is 24.3 Å². The number of amides is 1. The lowest BCUT2D eigenvalue weighted by Gasteiger charge is -2.44. The van der Waals surface area contributed by atoms with Crippen LogP contribution in [0.15, 0.2) is 48.7 Å². The van der Waals surface area contributed by atoms with Crippen molar-refractivity contribution in [3.05, 3.63) is 59.9 Å². The molecule has 2 aromatic rings. The summed E-state index contributed by atoms with van der Waals surface area (Å²) in [4.78, 5) is 16.2. The molecule has 1 saturated heterocycles. The van der Waals surface area contributed by atoms with Gasteiger partial charge in [0.15, 0.2) is 0 Å². The van der Waals surface area contributed by atoms with Crippen LogP contribution in [-0.4, -0.2) is 52.6 Å². The lowest BCUT2D eigenvalue weighted by atomic mass is 9.82. The average molecular weight is 372 g/mol. The Morgan fingerprint density at radius 1 is 1.37 bits per heavy atom. The highest BCUT2D eigenvalue weighted by atomic mass is 16.5. The Morgan fingerprint density at radius 3 is 2.89 bits per heavy atom. The van der Waals surface area contributed by atoms with Crippen molar-refractivity contribution >= 4 is 5.91 Å². The summed E-state index contributed by atoms with van der Waals surface area (Å²) in [6.45, 7) is 1.58. The number of carbonyl (C=O) groups is 1. The van der Waals surface area contributed by atoms with Gasteiger partial charge in [-0.25, -0.2) is 0 Å². The van der Waals surface area contributed by atoms with Crippen LogP contribution in [0.4, 0.5) is 0 Å². The van der Waals surface area contributed by atoms with Gasteiger partial charge >= 0.3 is 0 Å². The van der Waals surface area contributed by atoms with Gasteiger partial charge in [-0.15, -0.1) is 0 Å². The SMILES string of the molecule is COc1cccc([C@H]2C[C@@](O)(CNC(=O)c3ccccn3)[C@H](O)[C@@H](C)O2)c1. The van der Waals surface area contributed by atoms with Gasteiger partial charge in [0.25, 0.3) is 5.91 Å². The van der Waals surface area contributed by atoms with E-state index in [1.165, 1.54) is 6.20 Å². The molecule has 1 aliphatic heterocycles. The summed E-state index contributed by atoms with van der Waals surface area (Å²) in [5.74, 6) is 0.273. The molecule has 3 rings (SSSR count). The number of hydrogen-bond acceptors (Lipinski definition) is 6. The Balaban J connectivity index is 1.74. The lowest BCUT2D eigenvalue weighted by molar-refractivity contribution is -0.210. The fourth-order valence-electron chi connectivity index (χ4n) is 3.30. The number of carbonyl (C=O) groups excluding carboxylic acids is 1. The predicted octanol–water partition coefficient (Wildman–Crippen LogP) is 1.46. The van der Waals surface area contributed by atoms with Crippen LogP contribution in [0.1, 0.15) is 35.5 Å². The highest BCUT2D eigenvalue weighted by Crippen LogP contribution is 2.38. The molecule has 4 atom stereocenters. The first-order valence-electron chi connectivity index (χ1n) is 8.82. The molecule has 1 aromatic heterocycles. The molecule has 1 aromatic carbocycles. The molecular weight excluding hydrogens is 348 g/mol. The molecule has 0 spiro atoms. The zero-order valence-corrected chi connectivity index (χ0v) is 15.3. The number of benzene rings is 1. The molecule has 1 amide bonds. The third-order valence-corrected chi connectivity index (χ3v) is 4.83. The van der Waals surface area contributed by atoms with E-state index >= 15 is 0 Å². The van der Waals surface area contributed by atoms with E-state index in [0.29, 0.717) is 5.75 Å². The molecular formula is C20H24N2O5. The number of nitrogens with one attached hydrogen (secondary N) is 1. The number of methoxy groups -OCH3 is 1. The number of rotatable bonds is 5. The van der Waals surface area contributed by atoms with Gasteiger partial charge in [-0.3, -0.25) is 9.78 Å². The zero-order chi connectivity index (χ0) is 19.4. The molecule has 0 bridgehead atoms. The summed E-state index contributed by atoms with van der Waals surface area (Å²) in [5.41, 5.74) is -0.446. The highest BCUT2D eigenvalue weighted by molar-refractivity contribution is 5.92. The molecule has 2 heterocycles. The Bertz CT molecular complexity index is 785. The van der Waals surface area contributed by atoms with Crippen LogP contribution in [0, 0.1) is 0 Å². The molecule has 0 saturated carbocycles. The van der Waals surface area contributed by atoms with Crippen LogP contribution >= 0.6 is 0 Å². The van der Waals surface area contributed by atoms with Gasteiger partial charge in [0, 0.05) is 19.2 Å². The van der Waals surface area contributed by atoms with Crippen LogP contribution in [0.3, 0.4) is 0 Å². The number of nitrogens with zero attached hydrogens (tertiary/aromatic N) is 1. The lowest BCUT2D eigenvalue weighted by Crippen LogP contribution is -2.59. The van der Waals surface area contributed by atoms with Crippen molar-refractivity contribution < 1.29 is 24.5 Å². The fraction of sp³-hybridized carbons (Fsp3) is 0.400. The normalized spacial score (nSPS) is 27.8. The predicted molar refractivity (Wildman–Crippen MR) is 98.4 cm³/mol. The minimum atomic E-state index is -1.53. The second-order valence-corrected chi connectivity index (χ2v) is 6.76. The summed E-state index contributed by atoms with van der Waals surface area (Å²) in [5, 5.41) is 24.2. The number of pyridine rings is 1. The van der Waals surface area contributed by atoms with Crippen LogP contribution in [0.5, 0.6) is 5.75 Å². The van der Waals surface area contributed by atoms with Crippen molar-refractivity contribution in [1.29, 1.82) is 0 Å². The molecule has 3 N–H and O–H groups in total. The van der Waals surface area contributed by atoms with E-state index in [-0.39, 0.29) is 18.7 Å². The van der Waals surface area contributed by atoms with E-state index in [2.05, 4.69) is 10.3 Å². The molecule has 0 unspecified atom stereocenters. The number of aliphatic hydroxyl groups excluding tert-OH is 1. The van der Waals surface area contributed by atoms with Crippen LogP contribution < -0.4 is 10.1 Å². The van der Waals surface area contributed by atoms with Crippen molar-refractivity contribution in [2.45, 2.75) is 37.3 Å². The standard InChI is InChI=1S/C20H24N2O5/c1-13-18(23)20(25,12-22-19(24)16-8-3-4-9-21-16)11-17(27-13)14-6-5-7-15(10-14)26-2/h3-10,13,17-18,23,25H,11-12H2,1-2H3,(H,22,24)/t13-,17-,18-,20-/m1/s1. The van der Waals surface area contributed by atoms with Crippen LogP contribution in [0.2, 0.25) is 0 Å². The van der Waals surface area contributed by atoms with E-state index < -0.39 is 29.8 Å². The Kier molecular flexibility index (Phi) is 5.74. The highest BCUT2D eigenvalue weighted by Gasteiger charge is 2.47. The van der Waals surface area contributed by atoms with Gasteiger partial charge in [0.1, 0.15) is 23.1 Å². The molecule has 27 heavy (non-hydrogen) atoms. The van der Waals surface area contributed by atoms with Gasteiger partial charge in [-0.2, -0.15) is 0 Å². The number of aliphatic hydroxyl groups is 2. The van der Waals surface area contributed by atoms with Gasteiger partial charge in [0.2, 0.25) is 0 Å². The van der Waals surface area contributed by atoms with Gasteiger partial charge in [0.05, 0.1) is 19.3 Å². The number of ether oxygens (including phenoxy) is 2. The summed E-state index contributed by atoms with van der Waals surface area (Å²) in [7, 11) is 1.58. The summed E-state index contributed by atoms with van der Waals surface area (Å²) in [6, 6.07) is 12.4. The van der Waals surface area contributed by atoms with Crippen molar-refractivity contribution in [2.75, 3.05) is 13.7 Å². The van der Waals surface area contributed by atoms with Crippen LogP contribution in [-0.2, 0) is 4.74 Å². The maximum atomic E-state index is 12.2. The van der Waals surface area contributed by atoms with E-state index in [4.69, 9.17) is 9.47 Å². The molecule has 1 aliphatic rings. The molecule has 0 aliphatic carbocycles. The molecule has 7 heteroatoms. The third kappa shape index (κ3) is 4.27. The molecule has 1 fully saturated rings. The van der Waals surface area contributed by atoms with Gasteiger partial charge in [-0.1, -0.05) is 18.2 Å². The maximum Gasteiger partial charge on any atom is 0.269 e. The molecule has 0 radical (unpaired) electrons. The minimum Gasteiger partial charge on any atom is -0.497 e. The summed E-state index contributed by atoms with van der Waals surface area (Å²) < 4.78 is 11.1. The summed E-state index contributed by atoms with van der Waals surface area (Å²) >= 11 is 0. The maximum absolute atomic E-state index is 12.2.